The number of anilines is 3. The Morgan fingerprint density at radius 1 is 1.19 bits per heavy atom. The first-order chi connectivity index (χ1) is 15.0. The highest BCUT2D eigenvalue weighted by Gasteiger charge is 2.49. The number of benzene rings is 2. The fraction of sp³-hybridized carbons (Fsp3) is 0.217. The maximum absolute atomic E-state index is 12.3. The maximum Gasteiger partial charge on any atom is 0.307 e. The average Bonchev–Trinajstić information content (AvgIpc) is 3.40. The zero-order valence-corrected chi connectivity index (χ0v) is 17.3. The molecular weight excluding hydrogens is 390 g/mol. The highest BCUT2D eigenvalue weighted by atomic mass is 16.2. The van der Waals surface area contributed by atoms with Gasteiger partial charge in [-0.2, -0.15) is 5.01 Å². The zero-order chi connectivity index (χ0) is 21.2. The molecule has 0 radical (unpaired) electrons. The van der Waals surface area contributed by atoms with Gasteiger partial charge in [-0.25, -0.2) is 0 Å². The van der Waals surface area contributed by atoms with E-state index in [1.165, 1.54) is 5.56 Å². The smallest absolute Gasteiger partial charge is 0.307 e. The standard InChI is InChI=1S/C23H21N7O/c1-23(2)17-8-7-16(13-18(17)26-21(23)31)25-22-27-20-14-24-10-12-30(20,28-22)29-11-9-15-5-3-4-6-19(15)29/h3-8,10,12-14H,9,11H2,1-2H3,(H-,25,26,28,31)/p+1. The van der Waals surface area contributed by atoms with Crippen LogP contribution in [0, 0.1) is 0 Å². The van der Waals surface area contributed by atoms with Gasteiger partial charge in [0.15, 0.2) is 6.20 Å². The molecule has 0 fully saturated rings. The van der Waals surface area contributed by atoms with Crippen molar-refractivity contribution in [2.24, 2.45) is 15.1 Å². The van der Waals surface area contributed by atoms with Crippen LogP contribution in [0.15, 0.2) is 70.0 Å². The summed E-state index contributed by atoms with van der Waals surface area (Å²) in [5, 5.41) is 13.5. The molecule has 31 heavy (non-hydrogen) atoms. The summed E-state index contributed by atoms with van der Waals surface area (Å²) in [4.78, 5) is 21.3. The third kappa shape index (κ3) is 2.51. The van der Waals surface area contributed by atoms with E-state index in [9.17, 15) is 4.79 Å². The van der Waals surface area contributed by atoms with Crippen LogP contribution < -0.4 is 15.6 Å². The molecule has 0 aromatic heterocycles. The van der Waals surface area contributed by atoms with Crippen molar-refractivity contribution in [1.82, 2.24) is 0 Å². The number of rotatable bonds is 2. The number of aliphatic imine (C=N–C) groups is 2. The zero-order valence-electron chi connectivity index (χ0n) is 17.3. The summed E-state index contributed by atoms with van der Waals surface area (Å²) >= 11 is 0. The number of amides is 1. The Hall–Kier alpha value is -3.78. The van der Waals surface area contributed by atoms with Gasteiger partial charge in [-0.3, -0.25) is 9.79 Å². The van der Waals surface area contributed by atoms with Crippen LogP contribution in [0.5, 0.6) is 0 Å². The molecule has 2 N–H and O–H groups in total. The number of carbonyl (C=O) groups excluding carboxylic acids is 1. The van der Waals surface area contributed by atoms with Crippen molar-refractivity contribution in [3.63, 3.8) is 0 Å². The van der Waals surface area contributed by atoms with Crippen LogP contribution in [0.1, 0.15) is 25.0 Å². The van der Waals surface area contributed by atoms with E-state index in [4.69, 9.17) is 10.1 Å². The van der Waals surface area contributed by atoms with Crippen LogP contribution >= 0.6 is 0 Å². The molecule has 0 aliphatic carbocycles. The Bertz CT molecular complexity index is 1260. The van der Waals surface area contributed by atoms with Crippen LogP contribution in [0.4, 0.5) is 17.1 Å². The average molecular weight is 412 g/mol. The summed E-state index contributed by atoms with van der Waals surface area (Å²) in [6, 6.07) is 14.3. The molecule has 1 amide bonds. The molecule has 8 nitrogen and oxygen atoms in total. The minimum Gasteiger partial charge on any atom is -0.325 e. The van der Waals surface area contributed by atoms with E-state index in [-0.39, 0.29) is 10.6 Å². The van der Waals surface area contributed by atoms with Gasteiger partial charge in [0.2, 0.25) is 5.91 Å². The Kier molecular flexibility index (Phi) is 3.56. The van der Waals surface area contributed by atoms with Gasteiger partial charge in [-0.15, -0.1) is 4.99 Å². The summed E-state index contributed by atoms with van der Waals surface area (Å²) < 4.78 is 0.136. The van der Waals surface area contributed by atoms with E-state index in [2.05, 4.69) is 38.8 Å². The van der Waals surface area contributed by atoms with Crippen LogP contribution in [-0.4, -0.2) is 35.2 Å². The first kappa shape index (κ1) is 18.0. The Morgan fingerprint density at radius 3 is 2.97 bits per heavy atom. The molecule has 4 aliphatic heterocycles. The second-order valence-electron chi connectivity index (χ2n) is 8.59. The fourth-order valence-corrected chi connectivity index (χ4v) is 4.61. The summed E-state index contributed by atoms with van der Waals surface area (Å²) in [5.41, 5.74) is 4.57. The molecular formula is C23H22N7O+. The van der Waals surface area contributed by atoms with Gasteiger partial charge >= 0.3 is 5.84 Å². The lowest BCUT2D eigenvalue weighted by atomic mass is 9.86. The van der Waals surface area contributed by atoms with E-state index in [1.807, 2.05) is 44.3 Å². The Morgan fingerprint density at radius 2 is 2.06 bits per heavy atom. The van der Waals surface area contributed by atoms with Crippen molar-refractivity contribution < 1.29 is 9.50 Å². The van der Waals surface area contributed by atoms with Crippen LogP contribution in [0.2, 0.25) is 0 Å². The number of nitrogens with one attached hydrogen (secondary N) is 2. The predicted molar refractivity (Wildman–Crippen MR) is 122 cm³/mol. The summed E-state index contributed by atoms with van der Waals surface area (Å²) in [7, 11) is 0. The molecule has 1 atom stereocenters. The van der Waals surface area contributed by atoms with Gasteiger partial charge in [0.1, 0.15) is 6.21 Å². The van der Waals surface area contributed by atoms with Crippen molar-refractivity contribution in [2.75, 3.05) is 22.2 Å². The van der Waals surface area contributed by atoms with Crippen molar-refractivity contribution in [2.45, 2.75) is 25.7 Å². The highest BCUT2D eigenvalue weighted by Crippen LogP contribution is 2.39. The molecule has 1 unspecified atom stereocenters. The van der Waals surface area contributed by atoms with Gasteiger partial charge < -0.3 is 10.6 Å². The van der Waals surface area contributed by atoms with Crippen molar-refractivity contribution in [3.05, 3.63) is 66.0 Å². The summed E-state index contributed by atoms with van der Waals surface area (Å²) in [6.45, 7) is 4.70. The minimum absolute atomic E-state index is 0.00814. The van der Waals surface area contributed by atoms with E-state index in [0.29, 0.717) is 5.96 Å². The van der Waals surface area contributed by atoms with Crippen molar-refractivity contribution in [3.8, 4) is 0 Å². The Balaban J connectivity index is 1.35. The van der Waals surface area contributed by atoms with E-state index in [1.54, 1.807) is 12.4 Å². The quantitative estimate of drug-likeness (QED) is 0.742. The number of carbonyl (C=O) groups is 1. The van der Waals surface area contributed by atoms with Gasteiger partial charge in [0.25, 0.3) is 5.96 Å². The SMILES string of the molecule is CC1(C)C(=O)Nc2cc(NC3=N[N+]4(N5CCc6ccccc65)C=CN=CC4=N3)ccc21. The molecule has 8 heteroatoms. The lowest BCUT2D eigenvalue weighted by molar-refractivity contribution is -0.800. The second kappa shape index (κ2) is 6.12. The molecule has 2 aromatic rings. The van der Waals surface area contributed by atoms with Gasteiger partial charge in [0, 0.05) is 11.4 Å². The van der Waals surface area contributed by atoms with E-state index in [0.717, 1.165) is 41.4 Å². The number of hydrogen-bond donors (Lipinski definition) is 2. The van der Waals surface area contributed by atoms with E-state index >= 15 is 0 Å². The first-order valence-corrected chi connectivity index (χ1v) is 10.4. The molecule has 6 rings (SSSR count). The lowest BCUT2D eigenvalue weighted by Gasteiger charge is -2.33. The number of nitrogens with zero attached hydrogens (tertiary/aromatic N) is 5. The summed E-state index contributed by atoms with van der Waals surface area (Å²) in [6.07, 6.45) is 6.43. The maximum atomic E-state index is 12.3. The molecule has 4 heterocycles. The van der Waals surface area contributed by atoms with Gasteiger partial charge in [-0.1, -0.05) is 24.3 Å². The second-order valence-corrected chi connectivity index (χ2v) is 8.59. The fourth-order valence-electron chi connectivity index (χ4n) is 4.61. The van der Waals surface area contributed by atoms with Crippen LogP contribution in [-0.2, 0) is 16.6 Å². The molecule has 154 valence electrons. The van der Waals surface area contributed by atoms with Gasteiger partial charge in [-0.05, 0) is 59.4 Å². The predicted octanol–water partition coefficient (Wildman–Crippen LogP) is 3.36. The lowest BCUT2D eigenvalue weighted by Crippen LogP contribution is -2.56. The number of hydrogen-bond acceptors (Lipinski definition) is 6. The van der Waals surface area contributed by atoms with Crippen molar-refractivity contribution >= 4 is 41.0 Å². The normalized spacial score (nSPS) is 24.3. The molecule has 4 aliphatic rings. The van der Waals surface area contributed by atoms with Crippen LogP contribution in [0.25, 0.3) is 0 Å². The highest BCUT2D eigenvalue weighted by molar-refractivity contribution is 6.31. The molecule has 0 spiro atoms. The van der Waals surface area contributed by atoms with E-state index < -0.39 is 5.41 Å². The monoisotopic (exact) mass is 412 g/mol. The molecule has 2 aromatic carbocycles. The van der Waals surface area contributed by atoms with Crippen LogP contribution in [0.3, 0.4) is 0 Å². The number of guanidine groups is 1. The largest absolute Gasteiger partial charge is 0.325 e. The molecule has 0 bridgehead atoms. The third-order valence-corrected chi connectivity index (χ3v) is 6.35. The third-order valence-electron chi connectivity index (χ3n) is 6.35. The van der Waals surface area contributed by atoms with Gasteiger partial charge in [0.05, 0.1) is 23.8 Å². The Labute approximate surface area is 179 Å². The number of amidine groups is 1. The molecule has 0 saturated heterocycles. The minimum atomic E-state index is -0.529. The number of para-hydroxylation sites is 1. The summed E-state index contributed by atoms with van der Waals surface area (Å²) in [5.74, 6) is 1.24. The first-order valence-electron chi connectivity index (χ1n) is 10.4. The topological polar surface area (TPSA) is 81.5 Å². The molecule has 0 saturated carbocycles. The van der Waals surface area contributed by atoms with Crippen molar-refractivity contribution in [1.29, 1.82) is 0 Å². The number of fused-ring (bicyclic) bond motifs is 3. The number of quaternary nitrogens is 1.